The summed E-state index contributed by atoms with van der Waals surface area (Å²) in [5, 5.41) is 8.89. The molecule has 0 saturated heterocycles. The second-order valence-electron chi connectivity index (χ2n) is 5.59. The maximum Gasteiger partial charge on any atom is 0.212 e. The van der Waals surface area contributed by atoms with Crippen LogP contribution in [0.4, 0.5) is 0 Å². The first-order valence-electron chi connectivity index (χ1n) is 7.47. The normalized spacial score (nSPS) is 14.3. The number of hydrogen-bond donors (Lipinski definition) is 0. The summed E-state index contributed by atoms with van der Waals surface area (Å²) in [5.41, 5.74) is 7.54. The van der Waals surface area contributed by atoms with Crippen LogP contribution >= 0.6 is 0 Å². The van der Waals surface area contributed by atoms with E-state index < -0.39 is 5.97 Å². The van der Waals surface area contributed by atoms with Gasteiger partial charge in [-0.05, 0) is 37.5 Å². The summed E-state index contributed by atoms with van der Waals surface area (Å²) in [6.07, 6.45) is 5.06. The molecule has 2 aromatic rings. The quantitative estimate of drug-likeness (QED) is 0.686. The Morgan fingerprint density at radius 3 is 2.62 bits per heavy atom. The summed E-state index contributed by atoms with van der Waals surface area (Å²) in [5.74, 6) is -1.08. The van der Waals surface area contributed by atoms with Crippen molar-refractivity contribution in [3.8, 4) is 11.3 Å². The Balaban J connectivity index is 0.000000298. The Kier molecular flexibility index (Phi) is 3.74. The van der Waals surface area contributed by atoms with E-state index in [1.807, 2.05) is 0 Å². The molecule has 0 radical (unpaired) electrons. The van der Waals surface area contributed by atoms with Crippen LogP contribution in [0.3, 0.4) is 0 Å². The van der Waals surface area contributed by atoms with Gasteiger partial charge in [0.15, 0.2) is 12.2 Å². The molecule has 2 heterocycles. The molecule has 1 aromatic carbocycles. The Hall–Kier alpha value is -2.16. The van der Waals surface area contributed by atoms with E-state index in [0.717, 1.165) is 13.5 Å². The highest BCUT2D eigenvalue weighted by Gasteiger charge is 2.29. The summed E-state index contributed by atoms with van der Waals surface area (Å²) in [4.78, 5) is 8.89. The van der Waals surface area contributed by atoms with E-state index >= 15 is 0 Å². The standard InChI is InChI=1S/C16H16N.C2H4O2/c1-2-6-14-12(4-1)10-11-17-15-7-3-5-13(15)8-9-16(14)17;1-2(3)4/h1-2,4,6,8-9H,3,5,7,10-11H2;1H3,(H,3,4)/q+1;/p-1. The van der Waals surface area contributed by atoms with Crippen LogP contribution in [-0.4, -0.2) is 5.97 Å². The molecule has 0 atom stereocenters. The molecule has 21 heavy (non-hydrogen) atoms. The maximum atomic E-state index is 8.89. The van der Waals surface area contributed by atoms with Crippen LogP contribution in [0.2, 0.25) is 0 Å². The highest BCUT2D eigenvalue weighted by molar-refractivity contribution is 5.62. The third-order valence-corrected chi connectivity index (χ3v) is 4.19. The van der Waals surface area contributed by atoms with Gasteiger partial charge >= 0.3 is 0 Å². The average Bonchev–Trinajstić information content (AvgIpc) is 2.95. The predicted octanol–water partition coefficient (Wildman–Crippen LogP) is 1.44. The number of nitrogens with zero attached hydrogens (tertiary/aromatic N) is 1. The van der Waals surface area contributed by atoms with Crippen molar-refractivity contribution < 1.29 is 14.5 Å². The van der Waals surface area contributed by atoms with Crippen LogP contribution in [0.15, 0.2) is 36.4 Å². The molecule has 1 aliphatic heterocycles. The second kappa shape index (κ2) is 5.68. The van der Waals surface area contributed by atoms with Crippen LogP contribution in [0, 0.1) is 0 Å². The van der Waals surface area contributed by atoms with Gasteiger partial charge in [0, 0.05) is 36.0 Å². The molecule has 0 bridgehead atoms. The smallest absolute Gasteiger partial charge is 0.212 e. The van der Waals surface area contributed by atoms with E-state index in [0.29, 0.717) is 0 Å². The van der Waals surface area contributed by atoms with Gasteiger partial charge in [-0.3, -0.25) is 0 Å². The minimum atomic E-state index is -1.08. The van der Waals surface area contributed by atoms with Crippen molar-refractivity contribution in [1.82, 2.24) is 0 Å². The number of carbonyl (C=O) groups is 1. The molecule has 0 unspecified atom stereocenters. The fraction of sp³-hybridized carbons (Fsp3) is 0.333. The van der Waals surface area contributed by atoms with Gasteiger partial charge in [0.1, 0.15) is 0 Å². The average molecular weight is 281 g/mol. The van der Waals surface area contributed by atoms with Gasteiger partial charge in [0.05, 0.1) is 0 Å². The molecule has 0 N–H and O–H groups in total. The van der Waals surface area contributed by atoms with E-state index in [9.17, 15) is 0 Å². The lowest BCUT2D eigenvalue weighted by Crippen LogP contribution is -2.44. The van der Waals surface area contributed by atoms with Gasteiger partial charge in [-0.15, -0.1) is 0 Å². The molecule has 2 aliphatic rings. The van der Waals surface area contributed by atoms with Gasteiger partial charge in [0.2, 0.25) is 5.69 Å². The first kappa shape index (κ1) is 13.8. The highest BCUT2D eigenvalue weighted by atomic mass is 16.4. The van der Waals surface area contributed by atoms with Gasteiger partial charge < -0.3 is 9.90 Å². The fourth-order valence-electron chi connectivity index (χ4n) is 3.36. The Morgan fingerprint density at radius 2 is 1.81 bits per heavy atom. The summed E-state index contributed by atoms with van der Waals surface area (Å²) >= 11 is 0. The molecular formula is C18H19NO2. The lowest BCUT2D eigenvalue weighted by molar-refractivity contribution is -0.694. The van der Waals surface area contributed by atoms with Gasteiger partial charge in [0.25, 0.3) is 0 Å². The number of aliphatic carboxylic acids is 1. The third-order valence-electron chi connectivity index (χ3n) is 4.19. The summed E-state index contributed by atoms with van der Waals surface area (Å²) < 4.78 is 2.56. The van der Waals surface area contributed by atoms with E-state index in [1.165, 1.54) is 42.5 Å². The molecule has 1 aliphatic carbocycles. The van der Waals surface area contributed by atoms with E-state index in [-0.39, 0.29) is 0 Å². The zero-order valence-corrected chi connectivity index (χ0v) is 12.3. The van der Waals surface area contributed by atoms with Crippen LogP contribution < -0.4 is 9.67 Å². The molecule has 0 fully saturated rings. The van der Waals surface area contributed by atoms with E-state index in [4.69, 9.17) is 9.90 Å². The lowest BCUT2D eigenvalue weighted by Gasteiger charge is -2.16. The number of carboxylic acid groups (broad SMARTS) is 1. The zero-order chi connectivity index (χ0) is 14.8. The van der Waals surface area contributed by atoms with Crippen molar-refractivity contribution >= 4 is 5.97 Å². The summed E-state index contributed by atoms with van der Waals surface area (Å²) in [6.45, 7) is 2.13. The number of rotatable bonds is 0. The maximum absolute atomic E-state index is 8.89. The molecule has 3 nitrogen and oxygen atoms in total. The Bertz CT molecular complexity index is 688. The number of aromatic nitrogens is 1. The number of aryl methyl sites for hydroxylation is 2. The van der Waals surface area contributed by atoms with Crippen molar-refractivity contribution in [3.05, 3.63) is 53.2 Å². The predicted molar refractivity (Wildman–Crippen MR) is 78.5 cm³/mol. The van der Waals surface area contributed by atoms with Crippen molar-refractivity contribution in [3.63, 3.8) is 0 Å². The number of benzene rings is 1. The Morgan fingerprint density at radius 1 is 1.05 bits per heavy atom. The van der Waals surface area contributed by atoms with Crippen molar-refractivity contribution in [2.75, 3.05) is 0 Å². The lowest BCUT2D eigenvalue weighted by atomic mass is 9.96. The van der Waals surface area contributed by atoms with Crippen LogP contribution in [-0.2, 0) is 30.6 Å². The van der Waals surface area contributed by atoms with E-state index in [2.05, 4.69) is 41.0 Å². The molecule has 0 amide bonds. The number of fused-ring (bicyclic) bond motifs is 5. The number of hydrogen-bond acceptors (Lipinski definition) is 2. The van der Waals surface area contributed by atoms with Crippen molar-refractivity contribution in [2.24, 2.45) is 0 Å². The SMILES string of the molecule is CC(=O)[O-].c1ccc2c(c1)CC[n+]1c-2ccc2c1CCC2. The first-order chi connectivity index (χ1) is 10.2. The largest absolute Gasteiger partial charge is 0.550 e. The van der Waals surface area contributed by atoms with Gasteiger partial charge in [-0.1, -0.05) is 18.2 Å². The summed E-state index contributed by atoms with van der Waals surface area (Å²) in [7, 11) is 0. The summed E-state index contributed by atoms with van der Waals surface area (Å²) in [6, 6.07) is 13.5. The molecule has 1 aromatic heterocycles. The third kappa shape index (κ3) is 2.68. The van der Waals surface area contributed by atoms with Crippen LogP contribution in [0.5, 0.6) is 0 Å². The molecular weight excluding hydrogens is 262 g/mol. The molecule has 0 saturated carbocycles. The molecule has 3 heteroatoms. The number of carbonyl (C=O) groups excluding carboxylic acids is 1. The molecule has 0 spiro atoms. The van der Waals surface area contributed by atoms with Gasteiger partial charge in [-0.2, -0.15) is 4.57 Å². The topological polar surface area (TPSA) is 44.0 Å². The van der Waals surface area contributed by atoms with Crippen molar-refractivity contribution in [2.45, 2.75) is 39.2 Å². The highest BCUT2D eigenvalue weighted by Crippen LogP contribution is 2.28. The minimum absolute atomic E-state index is 0.972. The van der Waals surface area contributed by atoms with Crippen molar-refractivity contribution in [1.29, 1.82) is 0 Å². The molecule has 4 rings (SSSR count). The number of pyridine rings is 1. The zero-order valence-electron chi connectivity index (χ0n) is 12.3. The molecule has 108 valence electrons. The van der Waals surface area contributed by atoms with Crippen LogP contribution in [0.1, 0.15) is 30.2 Å². The second-order valence-corrected chi connectivity index (χ2v) is 5.59. The monoisotopic (exact) mass is 281 g/mol. The van der Waals surface area contributed by atoms with Gasteiger partial charge in [-0.25, -0.2) is 0 Å². The first-order valence-corrected chi connectivity index (χ1v) is 7.47. The Labute approximate surface area is 124 Å². The van der Waals surface area contributed by atoms with Crippen LogP contribution in [0.25, 0.3) is 11.3 Å². The fourth-order valence-corrected chi connectivity index (χ4v) is 3.36. The number of carboxylic acids is 1. The van der Waals surface area contributed by atoms with E-state index in [1.54, 1.807) is 11.3 Å². The minimum Gasteiger partial charge on any atom is -0.550 e.